The van der Waals surface area contributed by atoms with Crippen LogP contribution in [0.4, 0.5) is 13.2 Å². The third-order valence-corrected chi connectivity index (χ3v) is 4.56. The summed E-state index contributed by atoms with van der Waals surface area (Å²) in [6, 6.07) is 9.30. The van der Waals surface area contributed by atoms with Crippen LogP contribution in [-0.4, -0.2) is 30.0 Å². The fourth-order valence-corrected chi connectivity index (χ4v) is 3.41. The minimum Gasteiger partial charge on any atom is -0.504 e. The molecule has 1 aliphatic heterocycles. The van der Waals surface area contributed by atoms with Crippen molar-refractivity contribution in [1.82, 2.24) is 4.90 Å². The second-order valence-electron chi connectivity index (χ2n) is 6.32. The van der Waals surface area contributed by atoms with E-state index in [9.17, 15) is 18.3 Å². The molecule has 0 radical (unpaired) electrons. The third-order valence-electron chi connectivity index (χ3n) is 4.56. The molecule has 0 saturated carbocycles. The van der Waals surface area contributed by atoms with E-state index >= 15 is 0 Å². The van der Waals surface area contributed by atoms with Crippen LogP contribution < -0.4 is 9.47 Å². The normalized spacial score (nSPS) is 17.3. The monoisotopic (exact) mass is 379 g/mol. The smallest absolute Gasteiger partial charge is 0.504 e. The molecule has 1 atom stereocenters. The SMILES string of the molecule is C=CC1c2cc(OC)c(O)cc2CCN1Cc1cccc(OC(F)(F)F)c1. The van der Waals surface area contributed by atoms with Crippen molar-refractivity contribution in [2.24, 2.45) is 0 Å². The fourth-order valence-electron chi connectivity index (χ4n) is 3.41. The topological polar surface area (TPSA) is 41.9 Å². The van der Waals surface area contributed by atoms with E-state index in [1.807, 2.05) is 0 Å². The van der Waals surface area contributed by atoms with Crippen LogP contribution in [0.25, 0.3) is 0 Å². The first-order valence-electron chi connectivity index (χ1n) is 8.42. The Bertz CT molecular complexity index is 836. The van der Waals surface area contributed by atoms with E-state index in [4.69, 9.17) is 4.74 Å². The lowest BCUT2D eigenvalue weighted by molar-refractivity contribution is -0.274. The van der Waals surface area contributed by atoms with Crippen molar-refractivity contribution in [2.45, 2.75) is 25.4 Å². The van der Waals surface area contributed by atoms with Crippen molar-refractivity contribution >= 4 is 0 Å². The summed E-state index contributed by atoms with van der Waals surface area (Å²) >= 11 is 0. The molecule has 2 aromatic rings. The van der Waals surface area contributed by atoms with Gasteiger partial charge in [-0.2, -0.15) is 0 Å². The highest BCUT2D eigenvalue weighted by Crippen LogP contribution is 2.38. The molecular formula is C20H20F3NO3. The summed E-state index contributed by atoms with van der Waals surface area (Å²) in [6.45, 7) is 5.02. The summed E-state index contributed by atoms with van der Waals surface area (Å²) in [4.78, 5) is 2.11. The largest absolute Gasteiger partial charge is 0.573 e. The zero-order valence-electron chi connectivity index (χ0n) is 14.8. The number of benzene rings is 2. The molecule has 1 heterocycles. The van der Waals surface area contributed by atoms with Crippen molar-refractivity contribution in [3.63, 3.8) is 0 Å². The van der Waals surface area contributed by atoms with Crippen LogP contribution in [-0.2, 0) is 13.0 Å². The third kappa shape index (κ3) is 4.36. The van der Waals surface area contributed by atoms with Crippen LogP contribution in [0.15, 0.2) is 49.1 Å². The molecule has 1 aliphatic rings. The molecule has 1 unspecified atom stereocenters. The number of phenols is 1. The van der Waals surface area contributed by atoms with Gasteiger partial charge in [0, 0.05) is 13.1 Å². The first-order chi connectivity index (χ1) is 12.8. The lowest BCUT2D eigenvalue weighted by Crippen LogP contribution is -2.34. The van der Waals surface area contributed by atoms with Gasteiger partial charge >= 0.3 is 6.36 Å². The molecule has 144 valence electrons. The summed E-state index contributed by atoms with van der Waals surface area (Å²) in [7, 11) is 1.48. The Balaban J connectivity index is 1.84. The molecule has 0 aromatic heterocycles. The van der Waals surface area contributed by atoms with Crippen LogP contribution in [0.3, 0.4) is 0 Å². The number of fused-ring (bicyclic) bond motifs is 1. The Morgan fingerprint density at radius 1 is 1.30 bits per heavy atom. The molecule has 2 aromatic carbocycles. The van der Waals surface area contributed by atoms with Gasteiger partial charge in [0.25, 0.3) is 0 Å². The highest BCUT2D eigenvalue weighted by Gasteiger charge is 2.31. The molecule has 1 N–H and O–H groups in total. The van der Waals surface area contributed by atoms with Crippen molar-refractivity contribution in [1.29, 1.82) is 0 Å². The number of phenolic OH excluding ortho intramolecular Hbond substituents is 1. The average Bonchev–Trinajstić information content (AvgIpc) is 2.60. The summed E-state index contributed by atoms with van der Waals surface area (Å²) in [5.74, 6) is 0.228. The Morgan fingerprint density at radius 2 is 2.07 bits per heavy atom. The molecule has 0 saturated heterocycles. The number of ether oxygens (including phenoxy) is 2. The lowest BCUT2D eigenvalue weighted by atomic mass is 9.91. The van der Waals surface area contributed by atoms with Gasteiger partial charge in [0.2, 0.25) is 0 Å². The molecule has 0 fully saturated rings. The van der Waals surface area contributed by atoms with Crippen LogP contribution in [0.1, 0.15) is 22.7 Å². The van der Waals surface area contributed by atoms with Crippen molar-refractivity contribution in [3.05, 3.63) is 65.7 Å². The maximum Gasteiger partial charge on any atom is 0.573 e. The number of hydrogen-bond donors (Lipinski definition) is 1. The average molecular weight is 379 g/mol. The minimum atomic E-state index is -4.72. The molecule has 0 bridgehead atoms. The van der Waals surface area contributed by atoms with Crippen LogP contribution in [0.5, 0.6) is 17.2 Å². The molecule has 0 spiro atoms. The molecular weight excluding hydrogens is 359 g/mol. The van der Waals surface area contributed by atoms with Gasteiger partial charge in [0.05, 0.1) is 13.2 Å². The van der Waals surface area contributed by atoms with Crippen LogP contribution in [0, 0.1) is 0 Å². The molecule has 7 heteroatoms. The number of rotatable bonds is 5. The predicted molar refractivity (Wildman–Crippen MR) is 94.8 cm³/mol. The fraction of sp³-hybridized carbons (Fsp3) is 0.300. The quantitative estimate of drug-likeness (QED) is 0.772. The highest BCUT2D eigenvalue weighted by molar-refractivity contribution is 5.49. The Labute approximate surface area is 155 Å². The Kier molecular flexibility index (Phi) is 5.32. The summed E-state index contributed by atoms with van der Waals surface area (Å²) in [5, 5.41) is 9.98. The zero-order chi connectivity index (χ0) is 19.6. The van der Waals surface area contributed by atoms with Crippen LogP contribution in [0.2, 0.25) is 0 Å². The van der Waals surface area contributed by atoms with E-state index in [1.165, 1.54) is 25.3 Å². The summed E-state index contributed by atoms with van der Waals surface area (Å²) < 4.78 is 46.5. The standard InChI is InChI=1S/C20H20F3NO3/c1-3-17-16-11-19(26-2)18(25)10-14(16)7-8-24(17)12-13-5-4-6-15(9-13)27-20(21,22)23/h3-6,9-11,17,25H,1,7-8,12H2,2H3. The van der Waals surface area contributed by atoms with Gasteiger partial charge in [-0.3, -0.25) is 4.90 Å². The van der Waals surface area contributed by atoms with Gasteiger partial charge in [0.1, 0.15) is 5.75 Å². The van der Waals surface area contributed by atoms with Gasteiger partial charge in [-0.25, -0.2) is 0 Å². The zero-order valence-corrected chi connectivity index (χ0v) is 14.8. The first kappa shape index (κ1) is 19.1. The Hall–Kier alpha value is -2.67. The number of halogens is 3. The molecule has 0 amide bonds. The van der Waals surface area contributed by atoms with Gasteiger partial charge < -0.3 is 14.6 Å². The van der Waals surface area contributed by atoms with Crippen LogP contribution >= 0.6 is 0 Å². The minimum absolute atomic E-state index is 0.0875. The summed E-state index contributed by atoms with van der Waals surface area (Å²) in [6.07, 6.45) is -2.23. The van der Waals surface area contributed by atoms with Crippen molar-refractivity contribution in [3.8, 4) is 17.2 Å². The number of aromatic hydroxyl groups is 1. The maximum absolute atomic E-state index is 12.4. The summed E-state index contributed by atoms with van der Waals surface area (Å²) in [5.41, 5.74) is 2.68. The molecule has 27 heavy (non-hydrogen) atoms. The predicted octanol–water partition coefficient (Wildman–Crippen LogP) is 4.58. The van der Waals surface area contributed by atoms with E-state index in [0.717, 1.165) is 11.1 Å². The van der Waals surface area contributed by atoms with E-state index in [2.05, 4.69) is 16.2 Å². The molecule has 0 aliphatic carbocycles. The van der Waals surface area contributed by atoms with E-state index in [1.54, 1.807) is 24.3 Å². The van der Waals surface area contributed by atoms with E-state index < -0.39 is 6.36 Å². The Morgan fingerprint density at radius 3 is 2.74 bits per heavy atom. The second-order valence-corrected chi connectivity index (χ2v) is 6.32. The number of alkyl halides is 3. The number of hydrogen-bond acceptors (Lipinski definition) is 4. The maximum atomic E-state index is 12.4. The van der Waals surface area contributed by atoms with E-state index in [0.29, 0.717) is 30.8 Å². The highest BCUT2D eigenvalue weighted by atomic mass is 19.4. The van der Waals surface area contributed by atoms with Gasteiger partial charge in [0.15, 0.2) is 11.5 Å². The second kappa shape index (κ2) is 7.52. The lowest BCUT2D eigenvalue weighted by Gasteiger charge is -2.36. The van der Waals surface area contributed by atoms with Crippen molar-refractivity contribution in [2.75, 3.05) is 13.7 Å². The van der Waals surface area contributed by atoms with Gasteiger partial charge in [-0.1, -0.05) is 18.2 Å². The van der Waals surface area contributed by atoms with E-state index in [-0.39, 0.29) is 17.5 Å². The number of nitrogens with zero attached hydrogens (tertiary/aromatic N) is 1. The van der Waals surface area contributed by atoms with Gasteiger partial charge in [-0.05, 0) is 47.4 Å². The first-order valence-corrected chi connectivity index (χ1v) is 8.42. The van der Waals surface area contributed by atoms with Crippen molar-refractivity contribution < 1.29 is 27.8 Å². The molecule has 4 nitrogen and oxygen atoms in total. The number of methoxy groups -OCH3 is 1. The molecule has 3 rings (SSSR count). The van der Waals surface area contributed by atoms with Gasteiger partial charge in [-0.15, -0.1) is 19.8 Å².